The minimum absolute atomic E-state index is 0.195. The van der Waals surface area contributed by atoms with E-state index >= 15 is 0 Å². The molecule has 23 heavy (non-hydrogen) atoms. The van der Waals surface area contributed by atoms with E-state index in [2.05, 4.69) is 0 Å². The number of rotatable bonds is 4. The molecule has 2 saturated heterocycles. The molecule has 2 heterocycles. The zero-order valence-corrected chi connectivity index (χ0v) is 13.7. The molecular formula is C16H18N2O4S. The molecule has 0 aromatic heterocycles. The molecule has 2 aliphatic rings. The third-order valence-corrected chi connectivity index (χ3v) is 5.74. The van der Waals surface area contributed by atoms with Crippen LogP contribution in [0.3, 0.4) is 0 Å². The van der Waals surface area contributed by atoms with E-state index in [1.807, 2.05) is 13.8 Å². The number of esters is 1. The average molecular weight is 334 g/mol. The lowest BCUT2D eigenvalue weighted by molar-refractivity contribution is -0.162. The molecule has 2 N–H and O–H groups in total. The van der Waals surface area contributed by atoms with E-state index in [9.17, 15) is 14.4 Å². The number of benzene rings is 1. The number of amides is 1. The number of carbonyl (C=O) groups excluding carboxylic acids is 3. The van der Waals surface area contributed by atoms with Crippen LogP contribution in [0.2, 0.25) is 0 Å². The fourth-order valence-electron chi connectivity index (χ4n) is 2.95. The molecule has 1 aromatic carbocycles. The molecule has 2 aliphatic heterocycles. The molecule has 6 nitrogen and oxygen atoms in total. The van der Waals surface area contributed by atoms with Crippen LogP contribution >= 0.6 is 11.8 Å². The Hall–Kier alpha value is -1.86. The topological polar surface area (TPSA) is 89.7 Å². The van der Waals surface area contributed by atoms with Gasteiger partial charge < -0.3 is 15.4 Å². The van der Waals surface area contributed by atoms with Crippen LogP contribution in [0, 0.1) is 0 Å². The summed E-state index contributed by atoms with van der Waals surface area (Å²) in [4.78, 5) is 37.8. The molecule has 0 saturated carbocycles. The highest BCUT2D eigenvalue weighted by molar-refractivity contribution is 8.01. The summed E-state index contributed by atoms with van der Waals surface area (Å²) in [6, 6.07) is 7.35. The lowest BCUT2D eigenvalue weighted by atomic mass is 9.96. The van der Waals surface area contributed by atoms with Gasteiger partial charge in [0.05, 0.1) is 0 Å². The van der Waals surface area contributed by atoms with Crippen LogP contribution in [0.1, 0.15) is 24.2 Å². The van der Waals surface area contributed by atoms with E-state index < -0.39 is 22.8 Å². The molecule has 3 rings (SSSR count). The van der Waals surface area contributed by atoms with Gasteiger partial charge in [-0.3, -0.25) is 9.59 Å². The number of nitrogens with two attached hydrogens (primary N) is 1. The molecule has 0 bridgehead atoms. The summed E-state index contributed by atoms with van der Waals surface area (Å²) in [6.07, 6.45) is 0. The Bertz CT molecular complexity index is 661. The first-order valence-electron chi connectivity index (χ1n) is 7.33. The first kappa shape index (κ1) is 16.0. The van der Waals surface area contributed by atoms with Gasteiger partial charge in [-0.1, -0.05) is 30.3 Å². The van der Waals surface area contributed by atoms with E-state index in [1.54, 1.807) is 30.3 Å². The Kier molecular flexibility index (Phi) is 3.93. The quantitative estimate of drug-likeness (QED) is 0.498. The minimum atomic E-state index is -0.714. The van der Waals surface area contributed by atoms with Crippen LogP contribution < -0.4 is 5.73 Å². The second-order valence-electron chi connectivity index (χ2n) is 6.18. The predicted octanol–water partition coefficient (Wildman–Crippen LogP) is 0.802. The molecule has 1 aromatic rings. The van der Waals surface area contributed by atoms with Crippen molar-refractivity contribution in [3.63, 3.8) is 0 Å². The summed E-state index contributed by atoms with van der Waals surface area (Å²) in [5, 5.41) is -0.195. The van der Waals surface area contributed by atoms with Crippen molar-refractivity contribution < 1.29 is 19.1 Å². The van der Waals surface area contributed by atoms with Crippen molar-refractivity contribution in [2.45, 2.75) is 36.1 Å². The SMILES string of the molecule is CC1(C)S[C@@H]2[C@H](N)C(=O)N2[C@H]1C(=O)OCC(=O)c1ccccc1. The summed E-state index contributed by atoms with van der Waals surface area (Å²) in [5.74, 6) is -1.08. The van der Waals surface area contributed by atoms with Crippen molar-refractivity contribution in [3.8, 4) is 0 Å². The lowest BCUT2D eigenvalue weighted by Gasteiger charge is -2.41. The normalized spacial score (nSPS) is 28.0. The molecule has 0 aliphatic carbocycles. The number of ketones is 1. The second kappa shape index (κ2) is 5.65. The maximum Gasteiger partial charge on any atom is 0.330 e. The first-order valence-corrected chi connectivity index (χ1v) is 8.21. The predicted molar refractivity (Wildman–Crippen MR) is 85.8 cm³/mol. The molecule has 7 heteroatoms. The van der Waals surface area contributed by atoms with Gasteiger partial charge in [0.25, 0.3) is 0 Å². The van der Waals surface area contributed by atoms with Gasteiger partial charge in [-0.05, 0) is 13.8 Å². The van der Waals surface area contributed by atoms with Gasteiger partial charge in [0.1, 0.15) is 17.5 Å². The number of hydrogen-bond donors (Lipinski definition) is 1. The fraction of sp³-hybridized carbons (Fsp3) is 0.438. The fourth-order valence-corrected chi connectivity index (χ4v) is 4.51. The Balaban J connectivity index is 1.66. The molecule has 0 spiro atoms. The van der Waals surface area contributed by atoms with Crippen molar-refractivity contribution in [1.82, 2.24) is 4.90 Å². The van der Waals surface area contributed by atoms with Gasteiger partial charge in [-0.2, -0.15) is 0 Å². The van der Waals surface area contributed by atoms with Crippen molar-refractivity contribution in [1.29, 1.82) is 0 Å². The third-order valence-electron chi connectivity index (χ3n) is 4.15. The van der Waals surface area contributed by atoms with Gasteiger partial charge in [-0.25, -0.2) is 4.79 Å². The van der Waals surface area contributed by atoms with Crippen molar-refractivity contribution in [3.05, 3.63) is 35.9 Å². The largest absolute Gasteiger partial charge is 0.456 e. The summed E-state index contributed by atoms with van der Waals surface area (Å²) in [7, 11) is 0. The highest BCUT2D eigenvalue weighted by Crippen LogP contribution is 2.50. The van der Waals surface area contributed by atoms with Crippen LogP contribution in [-0.4, -0.2) is 51.4 Å². The Morgan fingerprint density at radius 2 is 1.96 bits per heavy atom. The highest BCUT2D eigenvalue weighted by Gasteiger charge is 2.63. The maximum atomic E-state index is 12.4. The van der Waals surface area contributed by atoms with Crippen LogP contribution in [0.4, 0.5) is 0 Å². The average Bonchev–Trinajstić information content (AvgIpc) is 2.81. The minimum Gasteiger partial charge on any atom is -0.456 e. The molecule has 0 radical (unpaired) electrons. The van der Waals surface area contributed by atoms with Gasteiger partial charge in [0.15, 0.2) is 12.4 Å². The number of carbonyl (C=O) groups is 3. The molecule has 0 unspecified atom stereocenters. The summed E-state index contributed by atoms with van der Waals surface area (Å²) >= 11 is 1.49. The second-order valence-corrected chi connectivity index (χ2v) is 7.95. The van der Waals surface area contributed by atoms with Gasteiger partial charge in [0, 0.05) is 10.3 Å². The standard InChI is InChI=1S/C16H18N2O4S/c1-16(2)12(18-13(20)11(17)14(18)23-16)15(21)22-8-10(19)9-6-4-3-5-7-9/h3-7,11-12,14H,8,17H2,1-2H3/t11-,12+,14-/m1/s1. The first-order chi connectivity index (χ1) is 10.8. The molecule has 3 atom stereocenters. The summed E-state index contributed by atoms with van der Waals surface area (Å²) in [5.41, 5.74) is 6.26. The smallest absolute Gasteiger partial charge is 0.330 e. The zero-order chi connectivity index (χ0) is 16.8. The lowest BCUT2D eigenvalue weighted by Crippen LogP contribution is -2.68. The number of ether oxygens (including phenoxy) is 1. The van der Waals surface area contributed by atoms with Crippen LogP contribution in [0.15, 0.2) is 30.3 Å². The van der Waals surface area contributed by atoms with Crippen molar-refractivity contribution in [2.24, 2.45) is 5.73 Å². The van der Waals surface area contributed by atoms with Crippen LogP contribution in [-0.2, 0) is 14.3 Å². The van der Waals surface area contributed by atoms with Gasteiger partial charge in [-0.15, -0.1) is 11.8 Å². The Morgan fingerprint density at radius 3 is 2.61 bits per heavy atom. The van der Waals surface area contributed by atoms with Crippen molar-refractivity contribution >= 4 is 29.4 Å². The Morgan fingerprint density at radius 1 is 1.30 bits per heavy atom. The number of nitrogens with zero attached hydrogens (tertiary/aromatic N) is 1. The summed E-state index contributed by atoms with van der Waals surface area (Å²) < 4.78 is 4.68. The zero-order valence-electron chi connectivity index (χ0n) is 12.9. The Labute approximate surface area is 138 Å². The van der Waals surface area contributed by atoms with Crippen LogP contribution in [0.25, 0.3) is 0 Å². The van der Waals surface area contributed by atoms with E-state index in [0.29, 0.717) is 5.56 Å². The van der Waals surface area contributed by atoms with E-state index in [1.165, 1.54) is 16.7 Å². The molecular weight excluding hydrogens is 316 g/mol. The maximum absolute atomic E-state index is 12.4. The van der Waals surface area contributed by atoms with Crippen LogP contribution in [0.5, 0.6) is 0 Å². The van der Waals surface area contributed by atoms with Gasteiger partial charge >= 0.3 is 5.97 Å². The number of Topliss-reactive ketones (excluding diaryl/α,β-unsaturated/α-hetero) is 1. The van der Waals surface area contributed by atoms with E-state index in [4.69, 9.17) is 10.5 Å². The highest BCUT2D eigenvalue weighted by atomic mass is 32.2. The molecule has 1 amide bonds. The molecule has 122 valence electrons. The monoisotopic (exact) mass is 334 g/mol. The van der Waals surface area contributed by atoms with Gasteiger partial charge in [0.2, 0.25) is 5.91 Å². The van der Waals surface area contributed by atoms with E-state index in [-0.39, 0.29) is 23.7 Å². The number of hydrogen-bond acceptors (Lipinski definition) is 6. The van der Waals surface area contributed by atoms with E-state index in [0.717, 1.165) is 0 Å². The number of thioether (sulfide) groups is 1. The molecule has 2 fully saturated rings. The summed E-state index contributed by atoms with van der Waals surface area (Å²) in [6.45, 7) is 3.42. The number of fused-ring (bicyclic) bond motifs is 1. The third kappa shape index (κ3) is 2.64. The number of β-lactam (4-membered cyclic amide) rings is 1. The van der Waals surface area contributed by atoms with Crippen molar-refractivity contribution in [2.75, 3.05) is 6.61 Å².